The Labute approximate surface area is 194 Å². The number of rotatable bonds is 9. The summed E-state index contributed by atoms with van der Waals surface area (Å²) >= 11 is 0. The number of methoxy groups -OCH3 is 1. The quantitative estimate of drug-likeness (QED) is 0.543. The fourth-order valence-corrected chi connectivity index (χ4v) is 5.32. The van der Waals surface area contributed by atoms with Gasteiger partial charge >= 0.3 is 5.97 Å². The molecule has 2 N–H and O–H groups in total. The molecule has 5 nitrogen and oxygen atoms in total. The van der Waals surface area contributed by atoms with Crippen LogP contribution >= 0.6 is 0 Å². The van der Waals surface area contributed by atoms with E-state index in [9.17, 15) is 14.3 Å². The van der Waals surface area contributed by atoms with E-state index >= 15 is 0 Å². The summed E-state index contributed by atoms with van der Waals surface area (Å²) < 4.78 is 19.0. The van der Waals surface area contributed by atoms with Crippen molar-refractivity contribution < 1.29 is 24.1 Å². The number of nitrogens with zero attached hydrogens (tertiary/aromatic N) is 1. The second-order valence-electron chi connectivity index (χ2n) is 9.25. The van der Waals surface area contributed by atoms with Crippen LogP contribution in [0.4, 0.5) is 10.1 Å². The molecule has 1 aliphatic heterocycles. The fourth-order valence-electron chi connectivity index (χ4n) is 5.32. The number of hydrogen-bond acceptors (Lipinski definition) is 4. The zero-order chi connectivity index (χ0) is 23.5. The Hall–Kier alpha value is -2.70. The van der Waals surface area contributed by atoms with Gasteiger partial charge in [0.25, 0.3) is 0 Å². The van der Waals surface area contributed by atoms with Gasteiger partial charge in [-0.2, -0.15) is 0 Å². The standard InChI is InChI=1S/C27H32FNO4/c1-29-24-6-4-3-5-22(24)26(17-9-11-19(28)12-10-17)23(27(29)18-7-8-18)14-13-20(30)15-21(33-2)16-25(31)32/h3-6,9-14,18,20-21,23,26-27,30H,7-8,15-16H2,1-2H3,(H,31,32)/b14-13+. The van der Waals surface area contributed by atoms with Gasteiger partial charge in [-0.15, -0.1) is 0 Å². The highest BCUT2D eigenvalue weighted by atomic mass is 19.1. The smallest absolute Gasteiger partial charge is 0.305 e. The van der Waals surface area contributed by atoms with E-state index in [1.165, 1.54) is 43.3 Å². The van der Waals surface area contributed by atoms with Crippen LogP contribution in [0.5, 0.6) is 0 Å². The van der Waals surface area contributed by atoms with Crippen molar-refractivity contribution in [2.24, 2.45) is 11.8 Å². The second kappa shape index (κ2) is 10.1. The maximum Gasteiger partial charge on any atom is 0.305 e. The molecule has 2 aromatic rings. The van der Waals surface area contributed by atoms with Crippen molar-refractivity contribution >= 4 is 11.7 Å². The molecule has 1 heterocycles. The number of carboxylic acid groups (broad SMARTS) is 1. The Morgan fingerprint density at radius 3 is 2.55 bits per heavy atom. The lowest BCUT2D eigenvalue weighted by Gasteiger charge is -2.46. The number of ether oxygens (including phenoxy) is 1. The molecule has 176 valence electrons. The molecule has 0 saturated heterocycles. The molecule has 0 spiro atoms. The van der Waals surface area contributed by atoms with Crippen LogP contribution in [0.2, 0.25) is 0 Å². The van der Waals surface area contributed by atoms with Gasteiger partial charge in [0, 0.05) is 44.1 Å². The van der Waals surface area contributed by atoms with Crippen LogP contribution in [0.25, 0.3) is 0 Å². The average molecular weight is 454 g/mol. The summed E-state index contributed by atoms with van der Waals surface area (Å²) in [6.45, 7) is 0. The molecule has 1 aliphatic carbocycles. The summed E-state index contributed by atoms with van der Waals surface area (Å²) in [5, 5.41) is 19.7. The predicted molar refractivity (Wildman–Crippen MR) is 126 cm³/mol. The van der Waals surface area contributed by atoms with Crippen molar-refractivity contribution in [2.75, 3.05) is 19.1 Å². The first kappa shape index (κ1) is 23.5. The molecule has 0 aromatic heterocycles. The largest absolute Gasteiger partial charge is 0.481 e. The summed E-state index contributed by atoms with van der Waals surface area (Å²) in [7, 11) is 3.60. The summed E-state index contributed by atoms with van der Waals surface area (Å²) in [5.41, 5.74) is 3.43. The van der Waals surface area contributed by atoms with Crippen molar-refractivity contribution in [1.29, 1.82) is 0 Å². The molecule has 4 rings (SSSR count). The average Bonchev–Trinajstić information content (AvgIpc) is 3.63. The number of anilines is 1. The topological polar surface area (TPSA) is 70.0 Å². The molecular formula is C27H32FNO4. The number of carboxylic acids is 1. The van der Waals surface area contributed by atoms with Gasteiger partial charge in [-0.3, -0.25) is 4.79 Å². The molecule has 2 aliphatic rings. The molecule has 0 amide bonds. The fraction of sp³-hybridized carbons (Fsp3) is 0.444. The van der Waals surface area contributed by atoms with E-state index < -0.39 is 18.2 Å². The van der Waals surface area contributed by atoms with E-state index in [2.05, 4.69) is 30.2 Å². The maximum absolute atomic E-state index is 13.7. The number of para-hydroxylation sites is 1. The van der Waals surface area contributed by atoms with E-state index in [-0.39, 0.29) is 36.5 Å². The Bertz CT molecular complexity index is 988. The normalized spacial score (nSPS) is 24.5. The molecule has 6 heteroatoms. The summed E-state index contributed by atoms with van der Waals surface area (Å²) in [6.07, 6.45) is 4.91. The number of hydrogen-bond donors (Lipinski definition) is 2. The number of aliphatic hydroxyl groups is 1. The molecule has 33 heavy (non-hydrogen) atoms. The zero-order valence-corrected chi connectivity index (χ0v) is 19.1. The highest BCUT2D eigenvalue weighted by molar-refractivity contribution is 5.67. The van der Waals surface area contributed by atoms with Crippen LogP contribution in [-0.4, -0.2) is 48.6 Å². The number of aliphatic carboxylic acids is 1. The summed E-state index contributed by atoms with van der Waals surface area (Å²) in [4.78, 5) is 13.4. The van der Waals surface area contributed by atoms with Crippen LogP contribution < -0.4 is 4.90 Å². The Morgan fingerprint density at radius 1 is 1.21 bits per heavy atom. The molecule has 5 atom stereocenters. The van der Waals surface area contributed by atoms with Crippen LogP contribution in [0.15, 0.2) is 60.7 Å². The number of aliphatic hydroxyl groups excluding tert-OH is 1. The molecule has 1 saturated carbocycles. The second-order valence-corrected chi connectivity index (χ2v) is 9.25. The van der Waals surface area contributed by atoms with E-state index in [0.717, 1.165) is 5.56 Å². The van der Waals surface area contributed by atoms with Crippen molar-refractivity contribution in [1.82, 2.24) is 0 Å². The van der Waals surface area contributed by atoms with Crippen LogP contribution in [0.1, 0.15) is 42.7 Å². The lowest BCUT2D eigenvalue weighted by molar-refractivity contribution is -0.140. The van der Waals surface area contributed by atoms with Crippen LogP contribution in [-0.2, 0) is 9.53 Å². The van der Waals surface area contributed by atoms with Crippen molar-refractivity contribution in [2.45, 2.75) is 49.9 Å². The monoisotopic (exact) mass is 453 g/mol. The van der Waals surface area contributed by atoms with Gasteiger partial charge in [0.1, 0.15) is 5.82 Å². The molecule has 0 radical (unpaired) electrons. The first-order valence-electron chi connectivity index (χ1n) is 11.6. The third-order valence-corrected chi connectivity index (χ3v) is 7.01. The van der Waals surface area contributed by atoms with Gasteiger partial charge < -0.3 is 19.8 Å². The molecule has 2 aromatic carbocycles. The van der Waals surface area contributed by atoms with Gasteiger partial charge in [-0.05, 0) is 48.1 Å². The highest BCUT2D eigenvalue weighted by Crippen LogP contribution is 2.51. The van der Waals surface area contributed by atoms with Crippen molar-refractivity contribution in [3.63, 3.8) is 0 Å². The third kappa shape index (κ3) is 5.28. The van der Waals surface area contributed by atoms with Crippen LogP contribution in [0, 0.1) is 17.7 Å². The Morgan fingerprint density at radius 2 is 1.91 bits per heavy atom. The minimum atomic E-state index is -0.950. The highest BCUT2D eigenvalue weighted by Gasteiger charge is 2.46. The molecule has 0 bridgehead atoms. The lowest BCUT2D eigenvalue weighted by atomic mass is 9.71. The van der Waals surface area contributed by atoms with Crippen LogP contribution in [0.3, 0.4) is 0 Å². The number of halogens is 1. The lowest BCUT2D eigenvalue weighted by Crippen LogP contribution is -2.46. The minimum Gasteiger partial charge on any atom is -0.481 e. The summed E-state index contributed by atoms with van der Waals surface area (Å²) in [6, 6.07) is 15.4. The van der Waals surface area contributed by atoms with Gasteiger partial charge in [0.2, 0.25) is 0 Å². The first-order chi connectivity index (χ1) is 15.9. The number of benzene rings is 2. The Kier molecular flexibility index (Phi) is 7.15. The van der Waals surface area contributed by atoms with Gasteiger partial charge in [0.15, 0.2) is 0 Å². The maximum atomic E-state index is 13.7. The number of carbonyl (C=O) groups is 1. The first-order valence-corrected chi connectivity index (χ1v) is 11.6. The minimum absolute atomic E-state index is 0.0318. The number of fused-ring (bicyclic) bond motifs is 1. The van der Waals surface area contributed by atoms with E-state index in [4.69, 9.17) is 9.84 Å². The molecule has 5 unspecified atom stereocenters. The third-order valence-electron chi connectivity index (χ3n) is 7.01. The van der Waals surface area contributed by atoms with E-state index in [1.807, 2.05) is 24.3 Å². The van der Waals surface area contributed by atoms with Crippen molar-refractivity contribution in [3.05, 3.63) is 77.6 Å². The predicted octanol–water partition coefficient (Wildman–Crippen LogP) is 4.60. The summed E-state index contributed by atoms with van der Waals surface area (Å²) in [5.74, 6) is -0.530. The van der Waals surface area contributed by atoms with E-state index in [1.54, 1.807) is 6.08 Å². The molecule has 1 fully saturated rings. The SMILES string of the molecule is COC(CC(=O)O)CC(O)/C=C/C1C(c2ccc(F)cc2)c2ccccc2N(C)C1C1CC1. The molecular weight excluding hydrogens is 421 g/mol. The van der Waals surface area contributed by atoms with Gasteiger partial charge in [-0.25, -0.2) is 4.39 Å². The van der Waals surface area contributed by atoms with Gasteiger partial charge in [0.05, 0.1) is 18.6 Å². The van der Waals surface area contributed by atoms with E-state index in [0.29, 0.717) is 5.92 Å². The van der Waals surface area contributed by atoms with Crippen molar-refractivity contribution in [3.8, 4) is 0 Å². The Balaban J connectivity index is 1.68. The van der Waals surface area contributed by atoms with Gasteiger partial charge in [-0.1, -0.05) is 42.5 Å². The zero-order valence-electron chi connectivity index (χ0n) is 19.1.